The number of fused-ring (bicyclic) bond motifs is 3. The van der Waals surface area contributed by atoms with E-state index < -0.39 is 5.66 Å². The van der Waals surface area contributed by atoms with Gasteiger partial charge in [-0.2, -0.15) is 0 Å². The molecule has 2 aliphatic heterocycles. The van der Waals surface area contributed by atoms with Gasteiger partial charge >= 0.3 is 0 Å². The zero-order valence-corrected chi connectivity index (χ0v) is 17.4. The van der Waals surface area contributed by atoms with Gasteiger partial charge in [-0.15, -0.1) is 0 Å². The Kier molecular flexibility index (Phi) is 4.25. The molecular weight excluding hydrogens is 346 g/mol. The molecule has 2 aromatic rings. The summed E-state index contributed by atoms with van der Waals surface area (Å²) in [6.45, 7) is 7.16. The lowest BCUT2D eigenvalue weighted by Gasteiger charge is -2.50. The van der Waals surface area contributed by atoms with E-state index >= 15 is 0 Å². The molecular formula is C24H29N3O. The van der Waals surface area contributed by atoms with Gasteiger partial charge in [0.05, 0.1) is 5.92 Å². The molecule has 0 bridgehead atoms. The van der Waals surface area contributed by atoms with Crippen LogP contribution in [0.15, 0.2) is 54.6 Å². The molecule has 146 valence electrons. The largest absolute Gasteiger partial charge is 0.378 e. The number of hydrogen-bond donors (Lipinski definition) is 1. The van der Waals surface area contributed by atoms with Crippen LogP contribution in [-0.4, -0.2) is 32.2 Å². The summed E-state index contributed by atoms with van der Waals surface area (Å²) >= 11 is 0. The van der Waals surface area contributed by atoms with E-state index in [0.717, 1.165) is 12.1 Å². The van der Waals surface area contributed by atoms with Crippen molar-refractivity contribution in [2.75, 3.05) is 30.4 Å². The normalized spacial score (nSPS) is 25.4. The number of carbonyl (C=O) groups excluding carboxylic acids is 1. The standard InChI is InChI=1S/C24H29N3O/c1-17-16-27-21-9-7-6-8-20(21)23(2,3)24(27,25-22(17)28)15-14-18-10-12-19(13-11-18)26(4)5/h6-15,17H,16H2,1-5H3,(H,25,28)/t17?,24-/m0/s1. The van der Waals surface area contributed by atoms with E-state index in [4.69, 9.17) is 0 Å². The molecule has 2 aliphatic rings. The van der Waals surface area contributed by atoms with Crippen LogP contribution in [-0.2, 0) is 10.2 Å². The average Bonchev–Trinajstić information content (AvgIpc) is 2.86. The van der Waals surface area contributed by atoms with Crippen molar-refractivity contribution >= 4 is 23.4 Å². The fourth-order valence-electron chi connectivity index (χ4n) is 4.54. The van der Waals surface area contributed by atoms with Crippen LogP contribution in [0.1, 0.15) is 31.9 Å². The number of hydrogen-bond acceptors (Lipinski definition) is 3. The second-order valence-electron chi connectivity index (χ2n) is 8.73. The van der Waals surface area contributed by atoms with E-state index in [1.165, 1.54) is 16.9 Å². The highest BCUT2D eigenvalue weighted by Crippen LogP contribution is 2.52. The van der Waals surface area contributed by atoms with Gasteiger partial charge in [0.25, 0.3) is 0 Å². The lowest BCUT2D eigenvalue weighted by molar-refractivity contribution is -0.128. The minimum atomic E-state index is -0.569. The summed E-state index contributed by atoms with van der Waals surface area (Å²) in [5.74, 6) is 0.0765. The Morgan fingerprint density at radius 3 is 2.46 bits per heavy atom. The van der Waals surface area contributed by atoms with Crippen molar-refractivity contribution in [3.05, 3.63) is 65.7 Å². The molecule has 2 heterocycles. The third-order valence-corrected chi connectivity index (χ3v) is 6.39. The molecule has 0 radical (unpaired) electrons. The zero-order valence-electron chi connectivity index (χ0n) is 17.4. The third-order valence-electron chi connectivity index (χ3n) is 6.39. The van der Waals surface area contributed by atoms with Gasteiger partial charge in [-0.25, -0.2) is 0 Å². The van der Waals surface area contributed by atoms with Gasteiger partial charge in [0.15, 0.2) is 0 Å². The van der Waals surface area contributed by atoms with E-state index in [9.17, 15) is 4.79 Å². The van der Waals surface area contributed by atoms with Crippen LogP contribution in [0.4, 0.5) is 11.4 Å². The summed E-state index contributed by atoms with van der Waals surface area (Å²) in [6, 6.07) is 17.0. The Morgan fingerprint density at radius 2 is 1.79 bits per heavy atom. The minimum absolute atomic E-state index is 0.0390. The van der Waals surface area contributed by atoms with Crippen LogP contribution in [0.5, 0.6) is 0 Å². The first kappa shape index (κ1) is 18.6. The number of carbonyl (C=O) groups is 1. The van der Waals surface area contributed by atoms with Crippen LogP contribution < -0.4 is 15.1 Å². The van der Waals surface area contributed by atoms with Gasteiger partial charge in [0, 0.05) is 37.4 Å². The maximum atomic E-state index is 12.7. The number of rotatable bonds is 3. The lowest BCUT2D eigenvalue weighted by Crippen LogP contribution is -2.70. The molecule has 0 saturated carbocycles. The smallest absolute Gasteiger partial charge is 0.226 e. The van der Waals surface area contributed by atoms with E-state index in [2.05, 4.69) is 89.6 Å². The maximum Gasteiger partial charge on any atom is 0.226 e. The highest BCUT2D eigenvalue weighted by molar-refractivity contribution is 5.86. The SMILES string of the molecule is CC1CN2c3ccccc3C(C)(C)[C@@]2(C=Cc2ccc(N(C)C)cc2)NC1=O. The zero-order chi connectivity index (χ0) is 20.1. The molecule has 1 amide bonds. The molecule has 1 saturated heterocycles. The first-order valence-corrected chi connectivity index (χ1v) is 9.92. The molecule has 4 heteroatoms. The minimum Gasteiger partial charge on any atom is -0.378 e. The van der Waals surface area contributed by atoms with E-state index in [0.29, 0.717) is 0 Å². The Morgan fingerprint density at radius 1 is 1.11 bits per heavy atom. The van der Waals surface area contributed by atoms with Crippen molar-refractivity contribution in [3.63, 3.8) is 0 Å². The Labute approximate surface area is 167 Å². The number of nitrogens with one attached hydrogen (secondary N) is 1. The summed E-state index contributed by atoms with van der Waals surface area (Å²) in [4.78, 5) is 17.2. The molecule has 0 spiro atoms. The Balaban J connectivity index is 1.78. The molecule has 1 N–H and O–H groups in total. The average molecular weight is 376 g/mol. The second-order valence-corrected chi connectivity index (χ2v) is 8.73. The number of amides is 1. The van der Waals surface area contributed by atoms with Crippen LogP contribution in [0.2, 0.25) is 0 Å². The van der Waals surface area contributed by atoms with Gasteiger partial charge in [0.2, 0.25) is 5.91 Å². The molecule has 2 atom stereocenters. The van der Waals surface area contributed by atoms with Gasteiger partial charge in [-0.1, -0.05) is 57.2 Å². The van der Waals surface area contributed by atoms with Crippen LogP contribution >= 0.6 is 0 Å². The van der Waals surface area contributed by atoms with E-state index in [1.54, 1.807) is 0 Å². The van der Waals surface area contributed by atoms with Gasteiger partial charge in [0.1, 0.15) is 5.66 Å². The molecule has 1 fully saturated rings. The van der Waals surface area contributed by atoms with Crippen molar-refractivity contribution in [2.45, 2.75) is 31.8 Å². The number of nitrogens with zero attached hydrogens (tertiary/aromatic N) is 2. The molecule has 1 unspecified atom stereocenters. The Hall–Kier alpha value is -2.75. The first-order valence-electron chi connectivity index (χ1n) is 9.92. The van der Waals surface area contributed by atoms with Crippen LogP contribution in [0.25, 0.3) is 6.08 Å². The lowest BCUT2D eigenvalue weighted by atomic mass is 9.74. The van der Waals surface area contributed by atoms with Crippen molar-refractivity contribution in [1.29, 1.82) is 0 Å². The summed E-state index contributed by atoms with van der Waals surface area (Å²) in [5, 5.41) is 3.37. The molecule has 0 aromatic heterocycles. The van der Waals surface area contributed by atoms with Crippen molar-refractivity contribution in [3.8, 4) is 0 Å². The van der Waals surface area contributed by atoms with Crippen molar-refractivity contribution in [1.82, 2.24) is 5.32 Å². The summed E-state index contributed by atoms with van der Waals surface area (Å²) < 4.78 is 0. The molecule has 2 aromatic carbocycles. The number of para-hydroxylation sites is 1. The van der Waals surface area contributed by atoms with Crippen molar-refractivity contribution in [2.24, 2.45) is 5.92 Å². The fraction of sp³-hybridized carbons (Fsp3) is 0.375. The molecule has 4 rings (SSSR count). The van der Waals surface area contributed by atoms with Crippen LogP contribution in [0.3, 0.4) is 0 Å². The number of benzene rings is 2. The van der Waals surface area contributed by atoms with Gasteiger partial charge in [-0.05, 0) is 35.4 Å². The van der Waals surface area contributed by atoms with Gasteiger partial charge < -0.3 is 15.1 Å². The first-order chi connectivity index (χ1) is 13.3. The van der Waals surface area contributed by atoms with E-state index in [-0.39, 0.29) is 17.2 Å². The third kappa shape index (κ3) is 2.62. The van der Waals surface area contributed by atoms with Crippen LogP contribution in [0, 0.1) is 5.92 Å². The summed E-state index contributed by atoms with van der Waals surface area (Å²) in [6.07, 6.45) is 4.32. The summed E-state index contributed by atoms with van der Waals surface area (Å²) in [7, 11) is 4.08. The van der Waals surface area contributed by atoms with Crippen molar-refractivity contribution < 1.29 is 4.79 Å². The fourth-order valence-corrected chi connectivity index (χ4v) is 4.54. The van der Waals surface area contributed by atoms with Gasteiger partial charge in [-0.3, -0.25) is 4.79 Å². The predicted octanol–water partition coefficient (Wildman–Crippen LogP) is 4.03. The Bertz CT molecular complexity index is 929. The number of anilines is 2. The summed E-state index contributed by atoms with van der Waals surface area (Å²) in [5.41, 5.74) is 3.97. The highest BCUT2D eigenvalue weighted by Gasteiger charge is 2.58. The topological polar surface area (TPSA) is 35.6 Å². The predicted molar refractivity (Wildman–Crippen MR) is 117 cm³/mol. The molecule has 28 heavy (non-hydrogen) atoms. The molecule has 4 nitrogen and oxygen atoms in total. The van der Waals surface area contributed by atoms with E-state index in [1.807, 2.05) is 21.0 Å². The second kappa shape index (κ2) is 6.40. The molecule has 0 aliphatic carbocycles. The quantitative estimate of drug-likeness (QED) is 0.880. The monoisotopic (exact) mass is 375 g/mol. The maximum absolute atomic E-state index is 12.7. The highest BCUT2D eigenvalue weighted by atomic mass is 16.2.